The third-order valence-corrected chi connectivity index (χ3v) is 5.19. The molecule has 0 saturated heterocycles. The van der Waals surface area contributed by atoms with Crippen molar-refractivity contribution in [1.82, 2.24) is 9.55 Å². The molecule has 5 rings (SSSR count). The Labute approximate surface area is 168 Å². The van der Waals surface area contributed by atoms with Gasteiger partial charge in [0.25, 0.3) is 0 Å². The molecule has 1 heterocycles. The van der Waals surface area contributed by atoms with Gasteiger partial charge in [-0.1, -0.05) is 97.1 Å². The zero-order chi connectivity index (χ0) is 18.9. The van der Waals surface area contributed by atoms with Gasteiger partial charge in [-0.05, 0) is 23.1 Å². The van der Waals surface area contributed by atoms with E-state index in [-0.39, 0.29) is 0 Å². The SMILES string of the molecule is Clc1nc(-c2ccccc2)c(-c2ccccc2)n1-c1cccc2ccccc12. The van der Waals surface area contributed by atoms with Crippen LogP contribution in [0.5, 0.6) is 0 Å². The van der Waals surface area contributed by atoms with E-state index in [1.54, 1.807) is 0 Å². The number of imidazole rings is 1. The Morgan fingerprint density at radius 2 is 1.21 bits per heavy atom. The Kier molecular flexibility index (Phi) is 4.19. The summed E-state index contributed by atoms with van der Waals surface area (Å²) in [5.74, 6) is 0. The number of fused-ring (bicyclic) bond motifs is 1. The molecule has 5 aromatic rings. The van der Waals surface area contributed by atoms with Crippen LogP contribution < -0.4 is 0 Å². The fourth-order valence-corrected chi connectivity index (χ4v) is 3.94. The van der Waals surface area contributed by atoms with Gasteiger partial charge in [-0.3, -0.25) is 4.57 Å². The topological polar surface area (TPSA) is 17.8 Å². The average molecular weight is 381 g/mol. The standard InChI is InChI=1S/C25H17ClN2/c26-25-27-23(19-11-3-1-4-12-19)24(20-13-5-2-6-14-20)28(25)22-17-9-15-18-10-7-8-16-21(18)22/h1-17H. The van der Waals surface area contributed by atoms with Gasteiger partial charge in [-0.2, -0.15) is 0 Å². The summed E-state index contributed by atoms with van der Waals surface area (Å²) >= 11 is 6.74. The predicted molar refractivity (Wildman–Crippen MR) is 117 cm³/mol. The van der Waals surface area contributed by atoms with E-state index in [0.717, 1.165) is 33.6 Å². The van der Waals surface area contributed by atoms with Gasteiger partial charge in [0.2, 0.25) is 5.28 Å². The fourth-order valence-electron chi connectivity index (χ4n) is 3.68. The summed E-state index contributed by atoms with van der Waals surface area (Å²) in [5.41, 5.74) is 5.02. The van der Waals surface area contributed by atoms with Crippen LogP contribution in [0.15, 0.2) is 103 Å². The number of hydrogen-bond acceptors (Lipinski definition) is 1. The molecule has 0 aliphatic carbocycles. The molecule has 28 heavy (non-hydrogen) atoms. The third kappa shape index (κ3) is 2.79. The van der Waals surface area contributed by atoms with Crippen LogP contribution in [0.2, 0.25) is 5.28 Å². The lowest BCUT2D eigenvalue weighted by molar-refractivity contribution is 1.08. The van der Waals surface area contributed by atoms with Crippen molar-refractivity contribution in [3.8, 4) is 28.2 Å². The minimum atomic E-state index is 0.453. The number of benzene rings is 4. The summed E-state index contributed by atoms with van der Waals surface area (Å²) in [5, 5.41) is 2.76. The normalized spacial score (nSPS) is 11.0. The van der Waals surface area contributed by atoms with Gasteiger partial charge >= 0.3 is 0 Å². The second-order valence-corrected chi connectivity index (χ2v) is 6.98. The maximum atomic E-state index is 6.74. The van der Waals surface area contributed by atoms with Gasteiger partial charge < -0.3 is 0 Å². The predicted octanol–water partition coefficient (Wildman–Crippen LogP) is 7.01. The van der Waals surface area contributed by atoms with Crippen LogP contribution in [-0.2, 0) is 0 Å². The second kappa shape index (κ2) is 6.99. The third-order valence-electron chi connectivity index (χ3n) is 4.94. The largest absolute Gasteiger partial charge is 0.282 e. The van der Waals surface area contributed by atoms with Gasteiger partial charge in [0.15, 0.2) is 0 Å². The minimum absolute atomic E-state index is 0.453. The molecule has 0 saturated carbocycles. The van der Waals surface area contributed by atoms with Crippen molar-refractivity contribution >= 4 is 22.4 Å². The number of aromatic nitrogens is 2. The first-order chi connectivity index (χ1) is 13.8. The Bertz CT molecular complexity index is 1250. The molecular weight excluding hydrogens is 364 g/mol. The van der Waals surface area contributed by atoms with E-state index in [1.165, 1.54) is 5.39 Å². The molecule has 0 bridgehead atoms. The van der Waals surface area contributed by atoms with Crippen LogP contribution >= 0.6 is 11.6 Å². The summed E-state index contributed by atoms with van der Waals surface area (Å²) in [6.45, 7) is 0. The summed E-state index contributed by atoms with van der Waals surface area (Å²) in [6, 6.07) is 35.1. The molecule has 4 aromatic carbocycles. The molecule has 0 unspecified atom stereocenters. The van der Waals surface area contributed by atoms with E-state index >= 15 is 0 Å². The maximum Gasteiger partial charge on any atom is 0.208 e. The van der Waals surface area contributed by atoms with Gasteiger partial charge in [0.05, 0.1) is 17.1 Å². The van der Waals surface area contributed by atoms with Crippen LogP contribution in [0.1, 0.15) is 0 Å². The van der Waals surface area contributed by atoms with Crippen molar-refractivity contribution in [2.45, 2.75) is 0 Å². The Morgan fingerprint density at radius 3 is 1.96 bits per heavy atom. The van der Waals surface area contributed by atoms with E-state index < -0.39 is 0 Å². The van der Waals surface area contributed by atoms with E-state index in [4.69, 9.17) is 16.6 Å². The zero-order valence-electron chi connectivity index (χ0n) is 15.1. The van der Waals surface area contributed by atoms with E-state index in [2.05, 4.69) is 71.3 Å². The summed E-state index contributed by atoms with van der Waals surface area (Å²) in [7, 11) is 0. The number of hydrogen-bond donors (Lipinski definition) is 0. The van der Waals surface area contributed by atoms with Crippen molar-refractivity contribution in [2.75, 3.05) is 0 Å². The molecule has 134 valence electrons. The highest BCUT2D eigenvalue weighted by Gasteiger charge is 2.21. The second-order valence-electron chi connectivity index (χ2n) is 6.64. The number of halogens is 1. The quantitative estimate of drug-likeness (QED) is 0.329. The van der Waals surface area contributed by atoms with E-state index in [0.29, 0.717) is 5.28 Å². The molecule has 0 spiro atoms. The highest BCUT2D eigenvalue weighted by molar-refractivity contribution is 6.29. The zero-order valence-corrected chi connectivity index (χ0v) is 15.8. The van der Waals surface area contributed by atoms with Crippen molar-refractivity contribution in [3.05, 3.63) is 108 Å². The van der Waals surface area contributed by atoms with Gasteiger partial charge in [-0.25, -0.2) is 4.98 Å². The van der Waals surface area contributed by atoms with Gasteiger partial charge in [0, 0.05) is 16.5 Å². The summed E-state index contributed by atoms with van der Waals surface area (Å²) in [4.78, 5) is 4.77. The monoisotopic (exact) mass is 380 g/mol. The van der Waals surface area contributed by atoms with Crippen LogP contribution in [-0.4, -0.2) is 9.55 Å². The van der Waals surface area contributed by atoms with Crippen molar-refractivity contribution in [2.24, 2.45) is 0 Å². The van der Waals surface area contributed by atoms with Crippen LogP contribution in [0.3, 0.4) is 0 Å². The fraction of sp³-hybridized carbons (Fsp3) is 0. The molecule has 0 atom stereocenters. The van der Waals surface area contributed by atoms with E-state index in [9.17, 15) is 0 Å². The van der Waals surface area contributed by atoms with Crippen molar-refractivity contribution in [3.63, 3.8) is 0 Å². The molecule has 3 heteroatoms. The lowest BCUT2D eigenvalue weighted by Gasteiger charge is -2.14. The van der Waals surface area contributed by atoms with Crippen molar-refractivity contribution < 1.29 is 0 Å². The van der Waals surface area contributed by atoms with Gasteiger partial charge in [-0.15, -0.1) is 0 Å². The maximum absolute atomic E-state index is 6.74. The summed E-state index contributed by atoms with van der Waals surface area (Å²) < 4.78 is 2.06. The first-order valence-corrected chi connectivity index (χ1v) is 9.58. The molecule has 0 aliphatic heterocycles. The van der Waals surface area contributed by atoms with Crippen molar-refractivity contribution in [1.29, 1.82) is 0 Å². The van der Waals surface area contributed by atoms with Crippen LogP contribution in [0, 0.1) is 0 Å². The van der Waals surface area contributed by atoms with Crippen LogP contribution in [0.25, 0.3) is 39.0 Å². The Balaban J connectivity index is 1.87. The smallest absolute Gasteiger partial charge is 0.208 e. The lowest BCUT2D eigenvalue weighted by Crippen LogP contribution is -1.99. The molecule has 0 amide bonds. The molecule has 0 radical (unpaired) electrons. The molecule has 0 aliphatic rings. The highest BCUT2D eigenvalue weighted by atomic mass is 35.5. The molecule has 0 N–H and O–H groups in total. The number of rotatable bonds is 3. The lowest BCUT2D eigenvalue weighted by atomic mass is 10.0. The molecular formula is C25H17ClN2. The molecule has 2 nitrogen and oxygen atoms in total. The van der Waals surface area contributed by atoms with Gasteiger partial charge in [0.1, 0.15) is 0 Å². The van der Waals surface area contributed by atoms with Crippen LogP contribution in [0.4, 0.5) is 0 Å². The minimum Gasteiger partial charge on any atom is -0.282 e. The molecule has 0 fully saturated rings. The number of nitrogens with zero attached hydrogens (tertiary/aromatic N) is 2. The van der Waals surface area contributed by atoms with E-state index in [1.807, 2.05) is 36.4 Å². The first-order valence-electron chi connectivity index (χ1n) is 9.20. The summed E-state index contributed by atoms with van der Waals surface area (Å²) in [6.07, 6.45) is 0. The first kappa shape index (κ1) is 16.8. The highest BCUT2D eigenvalue weighted by Crippen LogP contribution is 2.38. The Morgan fingerprint density at radius 1 is 0.607 bits per heavy atom. The average Bonchev–Trinajstić information content (AvgIpc) is 3.11. The molecule has 1 aromatic heterocycles. The Hall–Kier alpha value is -3.36.